The van der Waals surface area contributed by atoms with E-state index in [1.807, 2.05) is 0 Å². The van der Waals surface area contributed by atoms with Gasteiger partial charge in [-0.05, 0) is 83.5 Å². The van der Waals surface area contributed by atoms with Crippen LogP contribution >= 0.6 is 0 Å². The van der Waals surface area contributed by atoms with Crippen molar-refractivity contribution in [3.05, 3.63) is 93.8 Å². The second kappa shape index (κ2) is 8.77. The van der Waals surface area contributed by atoms with Crippen molar-refractivity contribution in [2.75, 3.05) is 0 Å². The van der Waals surface area contributed by atoms with Crippen molar-refractivity contribution in [2.45, 2.75) is 32.5 Å². The number of alkyl halides is 3. The van der Waals surface area contributed by atoms with Crippen LogP contribution in [0.5, 0.6) is 5.75 Å². The van der Waals surface area contributed by atoms with Crippen LogP contribution in [0.1, 0.15) is 29.2 Å². The van der Waals surface area contributed by atoms with Gasteiger partial charge in [-0.25, -0.2) is 22.0 Å². The molecule has 3 aromatic rings. The van der Waals surface area contributed by atoms with E-state index in [4.69, 9.17) is 0 Å². The van der Waals surface area contributed by atoms with E-state index in [0.717, 1.165) is 6.07 Å². The van der Waals surface area contributed by atoms with Gasteiger partial charge in [0.1, 0.15) is 17.5 Å². The Kier molecular flexibility index (Phi) is 6.14. The number of aryl methyl sites for hydroxylation is 1. The minimum absolute atomic E-state index is 0.0208. The van der Waals surface area contributed by atoms with Crippen LogP contribution in [0.15, 0.2) is 42.5 Å². The van der Waals surface area contributed by atoms with Gasteiger partial charge in [-0.1, -0.05) is 13.0 Å². The van der Waals surface area contributed by atoms with E-state index < -0.39 is 41.2 Å². The molecule has 1 nitrogen and oxygen atoms in total. The topological polar surface area (TPSA) is 9.23 Å². The summed E-state index contributed by atoms with van der Waals surface area (Å²) in [5.74, 6) is -7.28. The molecule has 0 bridgehead atoms. The van der Waals surface area contributed by atoms with E-state index in [2.05, 4.69) is 4.74 Å². The van der Waals surface area contributed by atoms with Crippen LogP contribution in [-0.2, 0) is 19.3 Å². The number of hydrogen-bond donors (Lipinski definition) is 0. The summed E-state index contributed by atoms with van der Waals surface area (Å²) in [6.07, 6.45) is -3.09. The molecular formula is C25H16F8O. The smallest absolute Gasteiger partial charge is 0.399 e. The monoisotopic (exact) mass is 484 g/mol. The molecule has 0 atom stereocenters. The first-order valence-corrected chi connectivity index (χ1v) is 10.2. The van der Waals surface area contributed by atoms with E-state index in [0.29, 0.717) is 40.8 Å². The summed E-state index contributed by atoms with van der Waals surface area (Å²) in [4.78, 5) is 0. The molecule has 0 aliphatic heterocycles. The summed E-state index contributed by atoms with van der Waals surface area (Å²) in [5.41, 5.74) is 1.04. The highest BCUT2D eigenvalue weighted by Gasteiger charge is 2.34. The van der Waals surface area contributed by atoms with Gasteiger partial charge in [-0.2, -0.15) is 0 Å². The lowest BCUT2D eigenvalue weighted by atomic mass is 9.85. The third-order valence-corrected chi connectivity index (χ3v) is 5.60. The molecule has 4 rings (SSSR count). The van der Waals surface area contributed by atoms with Crippen molar-refractivity contribution >= 4 is 5.57 Å². The zero-order valence-corrected chi connectivity index (χ0v) is 17.6. The number of rotatable bonds is 4. The van der Waals surface area contributed by atoms with Gasteiger partial charge < -0.3 is 4.74 Å². The second-order valence-electron chi connectivity index (χ2n) is 7.82. The predicted molar refractivity (Wildman–Crippen MR) is 110 cm³/mol. The number of hydrogen-bond acceptors (Lipinski definition) is 1. The maximum absolute atomic E-state index is 14.9. The number of ether oxygens (including phenoxy) is 1. The molecule has 0 N–H and O–H groups in total. The Morgan fingerprint density at radius 3 is 1.94 bits per heavy atom. The maximum Gasteiger partial charge on any atom is 0.573 e. The van der Waals surface area contributed by atoms with Crippen molar-refractivity contribution in [3.8, 4) is 16.9 Å². The molecule has 1 aliphatic carbocycles. The highest BCUT2D eigenvalue weighted by Crippen LogP contribution is 2.37. The predicted octanol–water partition coefficient (Wildman–Crippen LogP) is 7.69. The first kappa shape index (κ1) is 23.8. The molecule has 0 amide bonds. The molecule has 34 heavy (non-hydrogen) atoms. The molecule has 9 heteroatoms. The molecular weight excluding hydrogens is 468 g/mol. The fourth-order valence-electron chi connectivity index (χ4n) is 4.00. The molecule has 0 saturated carbocycles. The molecule has 1 aliphatic rings. The fraction of sp³-hybridized carbons (Fsp3) is 0.200. The average Bonchev–Trinajstić information content (AvgIpc) is 2.74. The number of halogens is 8. The number of benzene rings is 3. The maximum atomic E-state index is 14.9. The minimum Gasteiger partial charge on any atom is -0.399 e. The lowest BCUT2D eigenvalue weighted by Crippen LogP contribution is -2.19. The van der Waals surface area contributed by atoms with Crippen LogP contribution in [0.4, 0.5) is 35.1 Å². The Balaban J connectivity index is 1.68. The zero-order chi connectivity index (χ0) is 24.8. The molecule has 0 unspecified atom stereocenters. The summed E-state index contributed by atoms with van der Waals surface area (Å²) in [6, 6.07) is 5.97. The largest absolute Gasteiger partial charge is 0.573 e. The third-order valence-electron chi connectivity index (χ3n) is 5.60. The van der Waals surface area contributed by atoms with Gasteiger partial charge in [0.2, 0.25) is 5.75 Å². The van der Waals surface area contributed by atoms with E-state index in [-0.39, 0.29) is 29.5 Å². The van der Waals surface area contributed by atoms with Crippen molar-refractivity contribution < 1.29 is 39.9 Å². The Labute approximate surface area is 189 Å². The van der Waals surface area contributed by atoms with Crippen LogP contribution in [0, 0.1) is 29.1 Å². The molecule has 0 aromatic heterocycles. The highest BCUT2D eigenvalue weighted by atomic mass is 19.4. The standard InChI is InChI=1S/C25H16F8O/c1-2-12-5-19(27)23(20(28)6-12)14-4-3-13-8-17(18(26)9-15(13)7-14)16-10-21(29)24(22(30)11-16)34-25(31,32)33/h4-6,8-11H,2-3,7H2,1H3. The van der Waals surface area contributed by atoms with Crippen molar-refractivity contribution in [3.63, 3.8) is 0 Å². The summed E-state index contributed by atoms with van der Waals surface area (Å²) in [6.45, 7) is 1.76. The van der Waals surface area contributed by atoms with Gasteiger partial charge in [0.25, 0.3) is 0 Å². The van der Waals surface area contributed by atoms with Crippen molar-refractivity contribution in [1.29, 1.82) is 0 Å². The Bertz CT molecular complexity index is 1260. The first-order chi connectivity index (χ1) is 16.0. The van der Waals surface area contributed by atoms with Gasteiger partial charge in [0.05, 0.1) is 0 Å². The zero-order valence-electron chi connectivity index (χ0n) is 17.6. The fourth-order valence-corrected chi connectivity index (χ4v) is 4.00. The van der Waals surface area contributed by atoms with Crippen LogP contribution in [0.3, 0.4) is 0 Å². The Morgan fingerprint density at radius 2 is 1.38 bits per heavy atom. The molecule has 3 aromatic carbocycles. The van der Waals surface area contributed by atoms with Crippen LogP contribution in [-0.4, -0.2) is 6.36 Å². The second-order valence-corrected chi connectivity index (χ2v) is 7.82. The van der Waals surface area contributed by atoms with E-state index in [1.165, 1.54) is 18.2 Å². The quantitative estimate of drug-likeness (QED) is 0.345. The molecule has 0 saturated heterocycles. The van der Waals surface area contributed by atoms with Crippen molar-refractivity contribution in [1.82, 2.24) is 0 Å². The van der Waals surface area contributed by atoms with Gasteiger partial charge in [0, 0.05) is 11.1 Å². The first-order valence-electron chi connectivity index (χ1n) is 10.2. The minimum atomic E-state index is -5.31. The van der Waals surface area contributed by atoms with Gasteiger partial charge in [-0.3, -0.25) is 0 Å². The van der Waals surface area contributed by atoms with Crippen molar-refractivity contribution in [2.24, 2.45) is 0 Å². The Hall–Kier alpha value is -3.36. The lowest BCUT2D eigenvalue weighted by Gasteiger charge is -2.20. The van der Waals surface area contributed by atoms with Crippen LogP contribution in [0.25, 0.3) is 16.7 Å². The van der Waals surface area contributed by atoms with E-state index in [1.54, 1.807) is 13.0 Å². The van der Waals surface area contributed by atoms with E-state index >= 15 is 0 Å². The SMILES string of the molecule is CCc1cc(F)c(C2=CCc3cc(-c4cc(F)c(OC(F)(F)F)c(F)c4)c(F)cc3C2)c(F)c1. The average molecular weight is 484 g/mol. The molecule has 0 fully saturated rings. The number of fused-ring (bicyclic) bond motifs is 1. The third kappa shape index (κ3) is 4.64. The molecule has 0 spiro atoms. The van der Waals surface area contributed by atoms with Crippen LogP contribution in [0.2, 0.25) is 0 Å². The normalized spacial score (nSPS) is 13.5. The molecule has 0 radical (unpaired) electrons. The van der Waals surface area contributed by atoms with E-state index in [9.17, 15) is 35.1 Å². The van der Waals surface area contributed by atoms with Gasteiger partial charge in [-0.15, -0.1) is 13.2 Å². The summed E-state index contributed by atoms with van der Waals surface area (Å²) >= 11 is 0. The summed E-state index contributed by atoms with van der Waals surface area (Å²) < 4.78 is 113. The summed E-state index contributed by atoms with van der Waals surface area (Å²) in [5, 5.41) is 0. The summed E-state index contributed by atoms with van der Waals surface area (Å²) in [7, 11) is 0. The van der Waals surface area contributed by atoms with Gasteiger partial charge in [0.15, 0.2) is 11.6 Å². The molecule has 178 valence electrons. The van der Waals surface area contributed by atoms with Crippen LogP contribution < -0.4 is 4.74 Å². The highest BCUT2D eigenvalue weighted by molar-refractivity contribution is 5.74. The molecule has 0 heterocycles. The number of allylic oxidation sites excluding steroid dienone is 2. The lowest BCUT2D eigenvalue weighted by molar-refractivity contribution is -0.276. The Morgan fingerprint density at radius 1 is 0.765 bits per heavy atom. The van der Waals surface area contributed by atoms with Gasteiger partial charge >= 0.3 is 6.36 Å².